The Morgan fingerprint density at radius 2 is 1.94 bits per heavy atom. The van der Waals surface area contributed by atoms with Crippen molar-refractivity contribution in [3.8, 4) is 22.6 Å². The second-order valence-electron chi connectivity index (χ2n) is 7.67. The molecule has 1 saturated carbocycles. The Morgan fingerprint density at radius 1 is 1.13 bits per heavy atom. The molecule has 1 aliphatic carbocycles. The largest absolute Gasteiger partial charge is 0.339 e. The Morgan fingerprint density at radius 3 is 2.68 bits per heavy atom. The minimum absolute atomic E-state index is 0.165. The molecule has 1 aromatic carbocycles. The topological polar surface area (TPSA) is 96.7 Å². The molecule has 2 aliphatic rings. The Bertz CT molecular complexity index is 1120. The molecule has 0 radical (unpaired) electrons. The minimum atomic E-state index is 0.165. The van der Waals surface area contributed by atoms with Gasteiger partial charge in [-0.25, -0.2) is 9.37 Å². The van der Waals surface area contributed by atoms with Crippen LogP contribution in [0.3, 0.4) is 0 Å². The second-order valence-corrected chi connectivity index (χ2v) is 7.67. The number of benzene rings is 1. The number of rotatable bonds is 7. The molecule has 8 nitrogen and oxygen atoms in total. The van der Waals surface area contributed by atoms with Gasteiger partial charge in [-0.05, 0) is 30.5 Å². The number of pyridine rings is 1. The van der Waals surface area contributed by atoms with Crippen molar-refractivity contribution in [3.63, 3.8) is 0 Å². The molecular weight excluding hydrogens is 397 g/mol. The molecular formula is C22H22FN7O. The van der Waals surface area contributed by atoms with Crippen molar-refractivity contribution in [2.24, 2.45) is 10.8 Å². The van der Waals surface area contributed by atoms with Crippen LogP contribution < -0.4 is 10.6 Å². The average Bonchev–Trinajstić information content (AvgIpc) is 3.36. The molecule has 2 aromatic heterocycles. The summed E-state index contributed by atoms with van der Waals surface area (Å²) in [6, 6.07) is 13.8. The van der Waals surface area contributed by atoms with E-state index in [0.717, 1.165) is 41.4 Å². The van der Waals surface area contributed by atoms with Gasteiger partial charge in [0.1, 0.15) is 18.8 Å². The zero-order valence-corrected chi connectivity index (χ0v) is 16.9. The number of hydrogen-bond acceptors (Lipinski definition) is 8. The zero-order valence-electron chi connectivity index (χ0n) is 16.9. The van der Waals surface area contributed by atoms with Gasteiger partial charge in [0.15, 0.2) is 0 Å². The highest BCUT2D eigenvalue weighted by molar-refractivity contribution is 5.79. The third kappa shape index (κ3) is 4.17. The molecule has 5 rings (SSSR count). The number of aromatic nitrogens is 3. The van der Waals surface area contributed by atoms with Gasteiger partial charge in [0.05, 0.1) is 18.6 Å². The van der Waals surface area contributed by atoms with Crippen LogP contribution in [-0.2, 0) is 0 Å². The predicted molar refractivity (Wildman–Crippen MR) is 116 cm³/mol. The van der Waals surface area contributed by atoms with Crippen LogP contribution in [0.2, 0.25) is 0 Å². The van der Waals surface area contributed by atoms with E-state index in [1.54, 1.807) is 11.3 Å². The van der Waals surface area contributed by atoms with Crippen LogP contribution in [0, 0.1) is 0 Å². The summed E-state index contributed by atoms with van der Waals surface area (Å²) < 4.78 is 18.1. The number of halogens is 1. The van der Waals surface area contributed by atoms with Crippen LogP contribution in [0.25, 0.3) is 22.6 Å². The van der Waals surface area contributed by atoms with Crippen molar-refractivity contribution in [1.82, 2.24) is 20.1 Å². The lowest BCUT2D eigenvalue weighted by Gasteiger charge is -2.19. The van der Waals surface area contributed by atoms with Gasteiger partial charge in [-0.3, -0.25) is 9.91 Å². The van der Waals surface area contributed by atoms with E-state index in [1.807, 2.05) is 47.4 Å². The fourth-order valence-electron chi connectivity index (χ4n) is 3.37. The summed E-state index contributed by atoms with van der Waals surface area (Å²) in [4.78, 5) is 11.2. The zero-order chi connectivity index (χ0) is 21.2. The van der Waals surface area contributed by atoms with Gasteiger partial charge in [-0.15, -0.1) is 0 Å². The first-order chi connectivity index (χ1) is 15.2. The Hall–Kier alpha value is -3.59. The number of nitrogens with two attached hydrogens (primary N) is 1. The molecule has 0 bridgehead atoms. The highest BCUT2D eigenvalue weighted by Crippen LogP contribution is 2.39. The fourth-order valence-corrected chi connectivity index (χ4v) is 3.37. The third-order valence-corrected chi connectivity index (χ3v) is 5.31. The Kier molecular flexibility index (Phi) is 5.17. The highest BCUT2D eigenvalue weighted by atomic mass is 19.1. The number of hydrazone groups is 1. The maximum Gasteiger partial charge on any atom is 0.230 e. The third-order valence-electron chi connectivity index (χ3n) is 5.31. The first kappa shape index (κ1) is 19.4. The van der Waals surface area contributed by atoms with Gasteiger partial charge in [-0.2, -0.15) is 10.1 Å². The van der Waals surface area contributed by atoms with E-state index >= 15 is 0 Å². The van der Waals surface area contributed by atoms with Crippen molar-refractivity contribution in [1.29, 1.82) is 0 Å². The lowest BCUT2D eigenvalue weighted by molar-refractivity contribution is 0.342. The van der Waals surface area contributed by atoms with Crippen molar-refractivity contribution >= 4 is 12.2 Å². The van der Waals surface area contributed by atoms with Crippen LogP contribution in [0.15, 0.2) is 64.0 Å². The van der Waals surface area contributed by atoms with E-state index in [1.165, 1.54) is 0 Å². The van der Waals surface area contributed by atoms with E-state index in [0.29, 0.717) is 36.9 Å². The van der Waals surface area contributed by atoms with Crippen molar-refractivity contribution in [3.05, 3.63) is 60.3 Å². The first-order valence-electron chi connectivity index (χ1n) is 10.2. The van der Waals surface area contributed by atoms with Gasteiger partial charge in [0.25, 0.3) is 0 Å². The molecule has 3 aromatic rings. The number of nitrogens with zero attached hydrogens (tertiary/aromatic N) is 6. The summed E-state index contributed by atoms with van der Waals surface area (Å²) >= 11 is 0. The fraction of sp³-hybridized carbons (Fsp3) is 0.273. The van der Waals surface area contributed by atoms with E-state index in [9.17, 15) is 4.39 Å². The molecule has 0 saturated heterocycles. The molecule has 9 heteroatoms. The number of hydrogen-bond donors (Lipinski definition) is 1. The standard InChI is InChI=1S/C22H22FN7O/c23-10-15(11-24)12-30-14-29(13-25-30)20-3-1-2-19(26-20)16-4-6-17(7-5-16)21-27-22(31-28-21)18-8-9-18/h1-7,10,13,18H,8-9,11-12,14,24H2/b15-10+. The normalized spacial score (nSPS) is 16.4. The summed E-state index contributed by atoms with van der Waals surface area (Å²) in [5.41, 5.74) is 8.76. The van der Waals surface area contributed by atoms with Crippen LogP contribution in [0.5, 0.6) is 0 Å². The average molecular weight is 419 g/mol. The minimum Gasteiger partial charge on any atom is -0.339 e. The van der Waals surface area contributed by atoms with Gasteiger partial charge < -0.3 is 10.3 Å². The molecule has 0 spiro atoms. The summed E-state index contributed by atoms with van der Waals surface area (Å²) in [6.45, 7) is 0.992. The molecule has 1 fully saturated rings. The van der Waals surface area contributed by atoms with Gasteiger partial charge in [0, 0.05) is 23.6 Å². The van der Waals surface area contributed by atoms with E-state index < -0.39 is 0 Å². The summed E-state index contributed by atoms with van der Waals surface area (Å²) in [5, 5.41) is 10.1. The maximum absolute atomic E-state index is 12.8. The molecule has 0 unspecified atom stereocenters. The predicted octanol–water partition coefficient (Wildman–Crippen LogP) is 3.51. The summed E-state index contributed by atoms with van der Waals surface area (Å²) in [7, 11) is 0. The molecule has 3 heterocycles. The van der Waals surface area contributed by atoms with Crippen LogP contribution in [0.4, 0.5) is 10.2 Å². The molecule has 1 aliphatic heterocycles. The summed E-state index contributed by atoms with van der Waals surface area (Å²) in [5.74, 6) is 2.55. The number of anilines is 1. The lowest BCUT2D eigenvalue weighted by atomic mass is 10.1. The smallest absolute Gasteiger partial charge is 0.230 e. The van der Waals surface area contributed by atoms with Crippen LogP contribution in [0.1, 0.15) is 24.7 Å². The molecule has 0 atom stereocenters. The molecule has 158 valence electrons. The van der Waals surface area contributed by atoms with Gasteiger partial charge in [-0.1, -0.05) is 35.5 Å². The van der Waals surface area contributed by atoms with E-state index in [4.69, 9.17) is 15.2 Å². The van der Waals surface area contributed by atoms with E-state index in [-0.39, 0.29) is 6.54 Å². The monoisotopic (exact) mass is 419 g/mol. The highest BCUT2D eigenvalue weighted by Gasteiger charge is 2.29. The molecule has 0 amide bonds. The van der Waals surface area contributed by atoms with Crippen LogP contribution in [-0.4, -0.2) is 46.2 Å². The lowest BCUT2D eigenvalue weighted by Crippen LogP contribution is -2.29. The Labute approximate surface area is 178 Å². The van der Waals surface area contributed by atoms with Gasteiger partial charge in [0.2, 0.25) is 11.7 Å². The quantitative estimate of drug-likeness (QED) is 0.626. The van der Waals surface area contributed by atoms with Crippen molar-refractivity contribution < 1.29 is 8.91 Å². The van der Waals surface area contributed by atoms with Gasteiger partial charge >= 0.3 is 0 Å². The molecule has 31 heavy (non-hydrogen) atoms. The second kappa shape index (κ2) is 8.27. The Balaban J connectivity index is 1.29. The SMILES string of the molecule is NC/C(=C\F)CN1CN(c2cccc(-c3ccc(-c4noc(C5CC5)n4)cc3)n2)C=N1. The van der Waals surface area contributed by atoms with Crippen molar-refractivity contribution in [2.75, 3.05) is 24.7 Å². The first-order valence-corrected chi connectivity index (χ1v) is 10.2. The van der Waals surface area contributed by atoms with Crippen molar-refractivity contribution in [2.45, 2.75) is 18.8 Å². The summed E-state index contributed by atoms with van der Waals surface area (Å²) in [6.07, 6.45) is 4.49. The van der Waals surface area contributed by atoms with Crippen LogP contribution >= 0.6 is 0 Å². The van der Waals surface area contributed by atoms with E-state index in [2.05, 4.69) is 15.2 Å². The molecule has 2 N–H and O–H groups in total. The maximum atomic E-state index is 12.8.